The quantitative estimate of drug-likeness (QED) is 0.755. The molecule has 1 unspecified atom stereocenters. The molecule has 2 nitrogen and oxygen atoms in total. The van der Waals surface area contributed by atoms with Crippen LogP contribution in [-0.2, 0) is 0 Å². The summed E-state index contributed by atoms with van der Waals surface area (Å²) in [6, 6.07) is 10.9. The summed E-state index contributed by atoms with van der Waals surface area (Å²) in [5.41, 5.74) is 2.53. The Labute approximate surface area is 117 Å². The first-order valence-corrected chi connectivity index (χ1v) is 7.42. The zero-order chi connectivity index (χ0) is 13.2. The summed E-state index contributed by atoms with van der Waals surface area (Å²) in [6.45, 7) is 5.05. The first kappa shape index (κ1) is 12.5. The van der Waals surface area contributed by atoms with Gasteiger partial charge in [-0.1, -0.05) is 25.1 Å². The van der Waals surface area contributed by atoms with Crippen molar-refractivity contribution >= 4 is 21.4 Å². The zero-order valence-corrected chi connectivity index (χ0v) is 12.0. The smallest absolute Gasteiger partial charge is 0.101 e. The second kappa shape index (κ2) is 5.19. The number of benzene rings is 1. The van der Waals surface area contributed by atoms with Gasteiger partial charge in [-0.2, -0.15) is 0 Å². The molecule has 0 radical (unpaired) electrons. The van der Waals surface area contributed by atoms with Crippen LogP contribution in [0.25, 0.3) is 10.1 Å². The second-order valence-corrected chi connectivity index (χ2v) is 5.58. The number of fused-ring (bicyclic) bond motifs is 1. The van der Waals surface area contributed by atoms with Crippen molar-refractivity contribution in [1.29, 1.82) is 0 Å². The van der Waals surface area contributed by atoms with Gasteiger partial charge in [0.2, 0.25) is 0 Å². The molecule has 0 aliphatic heterocycles. The van der Waals surface area contributed by atoms with Crippen LogP contribution in [0.15, 0.2) is 46.4 Å². The van der Waals surface area contributed by atoms with Gasteiger partial charge in [-0.05, 0) is 41.9 Å². The highest BCUT2D eigenvalue weighted by Gasteiger charge is 2.18. The summed E-state index contributed by atoms with van der Waals surface area (Å²) in [5, 5.41) is 7.13. The minimum Gasteiger partial charge on any atom is -0.469 e. The van der Waals surface area contributed by atoms with E-state index in [1.54, 1.807) is 11.3 Å². The molecule has 0 fully saturated rings. The average molecular weight is 271 g/mol. The first-order chi connectivity index (χ1) is 9.29. The number of hydrogen-bond donors (Lipinski definition) is 1. The monoisotopic (exact) mass is 271 g/mol. The fourth-order valence-corrected chi connectivity index (χ4v) is 3.44. The van der Waals surface area contributed by atoms with Gasteiger partial charge in [0.25, 0.3) is 0 Å². The Hall–Kier alpha value is -1.58. The van der Waals surface area contributed by atoms with E-state index < -0.39 is 0 Å². The average Bonchev–Trinajstić information content (AvgIpc) is 3.03. The van der Waals surface area contributed by atoms with Crippen LogP contribution in [0.3, 0.4) is 0 Å². The molecule has 0 bridgehead atoms. The molecule has 0 spiro atoms. The van der Waals surface area contributed by atoms with Gasteiger partial charge in [0.1, 0.15) is 5.76 Å². The third-order valence-corrected chi connectivity index (χ3v) is 4.30. The van der Waals surface area contributed by atoms with Crippen LogP contribution in [0.5, 0.6) is 0 Å². The van der Waals surface area contributed by atoms with Gasteiger partial charge in [-0.3, -0.25) is 0 Å². The summed E-state index contributed by atoms with van der Waals surface area (Å²) in [7, 11) is 0. The van der Waals surface area contributed by atoms with Gasteiger partial charge in [0, 0.05) is 10.3 Å². The molecule has 0 saturated carbocycles. The predicted octanol–water partition coefficient (Wildman–Crippen LogP) is 4.50. The second-order valence-electron chi connectivity index (χ2n) is 4.67. The van der Waals surface area contributed by atoms with Crippen LogP contribution in [0.1, 0.15) is 29.9 Å². The highest BCUT2D eigenvalue weighted by molar-refractivity contribution is 7.17. The Morgan fingerprint density at radius 1 is 1.32 bits per heavy atom. The van der Waals surface area contributed by atoms with E-state index in [0.29, 0.717) is 0 Å². The normalized spacial score (nSPS) is 12.9. The lowest BCUT2D eigenvalue weighted by Gasteiger charge is -2.15. The van der Waals surface area contributed by atoms with E-state index in [0.717, 1.165) is 12.3 Å². The molecule has 3 heteroatoms. The Balaban J connectivity index is 2.09. The van der Waals surface area contributed by atoms with Crippen LogP contribution >= 0.6 is 11.3 Å². The third-order valence-electron chi connectivity index (χ3n) is 3.31. The van der Waals surface area contributed by atoms with Crippen molar-refractivity contribution in [2.75, 3.05) is 6.54 Å². The molecule has 2 heterocycles. The predicted molar refractivity (Wildman–Crippen MR) is 80.8 cm³/mol. The molecule has 3 aromatic rings. The van der Waals surface area contributed by atoms with Crippen molar-refractivity contribution in [3.63, 3.8) is 0 Å². The highest BCUT2D eigenvalue weighted by Crippen LogP contribution is 2.34. The summed E-state index contributed by atoms with van der Waals surface area (Å²) >= 11 is 1.80. The lowest BCUT2D eigenvalue weighted by molar-refractivity contribution is 0.526. The van der Waals surface area contributed by atoms with Gasteiger partial charge in [-0.25, -0.2) is 0 Å². The minimum atomic E-state index is 0.207. The summed E-state index contributed by atoms with van der Waals surface area (Å²) < 4.78 is 6.80. The maximum absolute atomic E-state index is 5.47. The Bertz CT molecular complexity index is 683. The van der Waals surface area contributed by atoms with Gasteiger partial charge >= 0.3 is 0 Å². The van der Waals surface area contributed by atoms with E-state index in [-0.39, 0.29) is 6.04 Å². The van der Waals surface area contributed by atoms with Crippen LogP contribution in [0.2, 0.25) is 0 Å². The number of thiophene rings is 1. The number of aryl methyl sites for hydroxylation is 1. The lowest BCUT2D eigenvalue weighted by atomic mass is 10.0. The fraction of sp³-hybridized carbons (Fsp3) is 0.250. The zero-order valence-electron chi connectivity index (χ0n) is 11.1. The number of rotatable bonds is 4. The van der Waals surface area contributed by atoms with E-state index in [1.807, 2.05) is 13.2 Å². The molecule has 0 amide bonds. The molecule has 0 saturated heterocycles. The van der Waals surface area contributed by atoms with Crippen molar-refractivity contribution in [2.24, 2.45) is 0 Å². The molecule has 3 rings (SSSR count). The van der Waals surface area contributed by atoms with E-state index >= 15 is 0 Å². The molecule has 1 aromatic carbocycles. The van der Waals surface area contributed by atoms with Crippen LogP contribution in [0.4, 0.5) is 0 Å². The van der Waals surface area contributed by atoms with Crippen LogP contribution in [0, 0.1) is 6.92 Å². The Morgan fingerprint density at radius 3 is 2.89 bits per heavy atom. The number of furan rings is 1. The number of nitrogens with one attached hydrogen (secondary N) is 1. The van der Waals surface area contributed by atoms with Crippen molar-refractivity contribution in [3.8, 4) is 0 Å². The molecule has 1 atom stereocenters. The fourth-order valence-electron chi connectivity index (χ4n) is 2.45. The van der Waals surface area contributed by atoms with E-state index in [9.17, 15) is 0 Å². The Kier molecular flexibility index (Phi) is 3.40. The van der Waals surface area contributed by atoms with Crippen molar-refractivity contribution in [3.05, 3.63) is 58.9 Å². The molecular formula is C16H17NOS. The van der Waals surface area contributed by atoms with Gasteiger partial charge in [-0.15, -0.1) is 11.3 Å². The molecule has 2 aromatic heterocycles. The number of hydrogen-bond acceptors (Lipinski definition) is 3. The molecule has 19 heavy (non-hydrogen) atoms. The van der Waals surface area contributed by atoms with Crippen molar-refractivity contribution < 1.29 is 4.42 Å². The molecular weight excluding hydrogens is 254 g/mol. The summed E-state index contributed by atoms with van der Waals surface area (Å²) in [6.07, 6.45) is 1.86. The van der Waals surface area contributed by atoms with Gasteiger partial charge < -0.3 is 9.73 Å². The lowest BCUT2D eigenvalue weighted by Crippen LogP contribution is -2.21. The van der Waals surface area contributed by atoms with E-state index in [4.69, 9.17) is 4.42 Å². The molecule has 0 aliphatic rings. The SMILES string of the molecule is CCNC(c1coc(C)c1)c1csc2ccccc12. The maximum Gasteiger partial charge on any atom is 0.101 e. The molecule has 98 valence electrons. The minimum absolute atomic E-state index is 0.207. The largest absolute Gasteiger partial charge is 0.469 e. The standard InChI is InChI=1S/C16H17NOS/c1-3-17-16(12-8-11(2)18-9-12)14-10-19-15-7-5-4-6-13(14)15/h4-10,16-17H,3H2,1-2H3. The highest BCUT2D eigenvalue weighted by atomic mass is 32.1. The molecule has 1 N–H and O–H groups in total. The maximum atomic E-state index is 5.47. The van der Waals surface area contributed by atoms with E-state index in [2.05, 4.69) is 48.0 Å². The van der Waals surface area contributed by atoms with Crippen LogP contribution < -0.4 is 5.32 Å². The molecule has 0 aliphatic carbocycles. The van der Waals surface area contributed by atoms with Crippen LogP contribution in [-0.4, -0.2) is 6.54 Å². The van der Waals surface area contributed by atoms with Gasteiger partial charge in [0.05, 0.1) is 12.3 Å². The summed E-state index contributed by atoms with van der Waals surface area (Å²) in [4.78, 5) is 0. The Morgan fingerprint density at radius 2 is 2.16 bits per heavy atom. The third kappa shape index (κ3) is 2.31. The van der Waals surface area contributed by atoms with E-state index in [1.165, 1.54) is 21.2 Å². The van der Waals surface area contributed by atoms with Crippen molar-refractivity contribution in [1.82, 2.24) is 5.32 Å². The van der Waals surface area contributed by atoms with Crippen molar-refractivity contribution in [2.45, 2.75) is 19.9 Å². The van der Waals surface area contributed by atoms with Gasteiger partial charge in [0.15, 0.2) is 0 Å². The topological polar surface area (TPSA) is 25.2 Å². The first-order valence-electron chi connectivity index (χ1n) is 6.54. The summed E-state index contributed by atoms with van der Waals surface area (Å²) in [5.74, 6) is 0.956.